The average molecular weight is 235 g/mol. The van der Waals surface area contributed by atoms with Crippen molar-refractivity contribution >= 4 is 18.3 Å². The predicted octanol–water partition coefficient (Wildman–Crippen LogP) is 1.30. The first-order chi connectivity index (χ1) is 5.41. The molecule has 0 aromatic carbocycles. The van der Waals surface area contributed by atoms with E-state index in [2.05, 4.69) is 0 Å². The van der Waals surface area contributed by atoms with E-state index in [9.17, 15) is 21.6 Å². The summed E-state index contributed by atoms with van der Waals surface area (Å²) in [4.78, 5) is 0. The predicted molar refractivity (Wildman–Crippen MR) is 46.3 cm³/mol. The normalized spacial score (nSPS) is 14.6. The van der Waals surface area contributed by atoms with E-state index < -0.39 is 30.2 Å². The number of rotatable bonds is 3. The van der Waals surface area contributed by atoms with E-state index in [0.29, 0.717) is 0 Å². The zero-order chi connectivity index (χ0) is 10.9. The fraction of sp³-hybridized carbons (Fsp3) is 1.00. The van der Waals surface area contributed by atoms with E-state index in [0.717, 1.165) is 0 Å². The van der Waals surface area contributed by atoms with Crippen molar-refractivity contribution in [2.45, 2.75) is 25.8 Å². The molecule has 0 atom stereocenters. The molecular weight excluding hydrogens is 223 g/mol. The summed E-state index contributed by atoms with van der Waals surface area (Å²) in [6, 6.07) is 0. The monoisotopic (exact) mass is 235 g/mol. The quantitative estimate of drug-likeness (QED) is 0.749. The molecule has 0 aliphatic carbocycles. The Bertz CT molecular complexity index is 244. The number of hydrogen-bond donors (Lipinski definition) is 1. The van der Waals surface area contributed by atoms with Crippen LogP contribution in [0, 0.1) is 0 Å². The third-order valence-corrected chi connectivity index (χ3v) is 5.22. The van der Waals surface area contributed by atoms with Crippen LogP contribution in [-0.2, 0) is 10.0 Å². The van der Waals surface area contributed by atoms with E-state index in [-0.39, 0.29) is 0 Å². The van der Waals surface area contributed by atoms with Gasteiger partial charge in [-0.15, -0.1) is 0 Å². The first-order valence-electron chi connectivity index (χ1n) is 3.50. The Balaban J connectivity index is 4.46. The highest BCUT2D eigenvalue weighted by Crippen LogP contribution is 2.17. The lowest BCUT2D eigenvalue weighted by molar-refractivity contribution is -0.106. The zero-order valence-corrected chi connectivity index (χ0v) is 9.38. The highest BCUT2D eigenvalue weighted by atomic mass is 32.2. The molecule has 0 radical (unpaired) electrons. The van der Waals surface area contributed by atoms with Crippen molar-refractivity contribution in [2.24, 2.45) is 0 Å². The minimum Gasteiger partial charge on any atom is -0.237 e. The Hall–Kier alpha value is -0.0831. The summed E-state index contributed by atoms with van der Waals surface area (Å²) in [6.45, 7) is 4.84. The molecule has 8 heteroatoms. The number of hydrogen-bond acceptors (Lipinski definition) is 2. The van der Waals surface area contributed by atoms with Crippen LogP contribution in [0.25, 0.3) is 0 Å². The molecule has 0 aliphatic heterocycles. The second kappa shape index (κ2) is 3.58. The molecule has 0 rings (SSSR count). The van der Waals surface area contributed by atoms with E-state index in [1.807, 2.05) is 4.39 Å². The van der Waals surface area contributed by atoms with Gasteiger partial charge in [-0.1, -0.05) is 19.6 Å². The first-order valence-corrected chi connectivity index (χ1v) is 8.65. The van der Waals surface area contributed by atoms with Crippen LogP contribution in [0.2, 0.25) is 19.6 Å². The highest BCUT2D eigenvalue weighted by molar-refractivity contribution is 7.90. The molecule has 3 nitrogen and oxygen atoms in total. The fourth-order valence-corrected chi connectivity index (χ4v) is 5.17. The summed E-state index contributed by atoms with van der Waals surface area (Å²) in [5, 5.41) is 0. The van der Waals surface area contributed by atoms with Gasteiger partial charge in [-0.3, -0.25) is 0 Å². The zero-order valence-electron chi connectivity index (χ0n) is 7.57. The Kier molecular flexibility index (Phi) is 3.56. The summed E-state index contributed by atoms with van der Waals surface area (Å²) in [7, 11) is -6.44. The summed E-state index contributed by atoms with van der Waals surface area (Å²) >= 11 is 0. The number of halogens is 3. The van der Waals surface area contributed by atoms with Crippen LogP contribution in [-0.4, -0.2) is 28.6 Å². The first kappa shape index (κ1) is 12.9. The molecular formula is C5H12F3NO2SSi. The molecule has 0 aliphatic rings. The lowest BCUT2D eigenvalue weighted by atomic mass is 10.8. The SMILES string of the molecule is C[Si](C)(C)NS(=O)(=O)CC(F)(F)F. The molecule has 0 bridgehead atoms. The van der Waals surface area contributed by atoms with Crippen molar-refractivity contribution in [3.05, 3.63) is 0 Å². The Labute approximate surface area is 76.5 Å². The summed E-state index contributed by atoms with van der Waals surface area (Å²) in [5.74, 6) is -1.80. The van der Waals surface area contributed by atoms with E-state index >= 15 is 0 Å². The van der Waals surface area contributed by atoms with Crippen LogP contribution in [0.3, 0.4) is 0 Å². The van der Waals surface area contributed by atoms with Gasteiger partial charge < -0.3 is 0 Å². The second-order valence-electron chi connectivity index (χ2n) is 3.73. The van der Waals surface area contributed by atoms with E-state index in [1.54, 1.807) is 19.6 Å². The van der Waals surface area contributed by atoms with Gasteiger partial charge in [0.05, 0.1) is 0 Å². The van der Waals surface area contributed by atoms with Crippen LogP contribution >= 0.6 is 0 Å². The maximum Gasteiger partial charge on any atom is 0.404 e. The third-order valence-electron chi connectivity index (χ3n) is 0.815. The minimum absolute atomic E-state index is 1.61. The van der Waals surface area contributed by atoms with Gasteiger partial charge in [0.25, 0.3) is 0 Å². The standard InChI is InChI=1S/C5H12F3NO2SSi/c1-13(2,3)9-12(10,11)4-5(6,7)8/h9H,4H2,1-3H3. The van der Waals surface area contributed by atoms with E-state index in [1.165, 1.54) is 0 Å². The van der Waals surface area contributed by atoms with Crippen molar-refractivity contribution in [3.8, 4) is 0 Å². The molecule has 1 N–H and O–H groups in total. The minimum atomic E-state index is -4.68. The second-order valence-corrected chi connectivity index (χ2v) is 10.6. The third kappa shape index (κ3) is 8.25. The smallest absolute Gasteiger partial charge is 0.237 e. The Morgan fingerprint density at radius 2 is 1.62 bits per heavy atom. The summed E-state index contributed by atoms with van der Waals surface area (Å²) < 4.78 is 58.9. The van der Waals surface area contributed by atoms with Crippen LogP contribution in [0.4, 0.5) is 13.2 Å². The topological polar surface area (TPSA) is 46.2 Å². The van der Waals surface area contributed by atoms with Crippen molar-refractivity contribution in [1.29, 1.82) is 0 Å². The van der Waals surface area contributed by atoms with Crippen LogP contribution < -0.4 is 4.39 Å². The molecule has 0 saturated carbocycles. The average Bonchev–Trinajstić information content (AvgIpc) is 1.43. The van der Waals surface area contributed by atoms with Gasteiger partial charge in [0.2, 0.25) is 10.0 Å². The lowest BCUT2D eigenvalue weighted by Crippen LogP contribution is -2.48. The fourth-order valence-electron chi connectivity index (χ4n) is 0.718. The molecule has 0 aromatic rings. The molecule has 0 spiro atoms. The maximum absolute atomic E-state index is 11.7. The van der Waals surface area contributed by atoms with Gasteiger partial charge in [0, 0.05) is 0 Å². The number of alkyl halides is 3. The molecule has 0 amide bonds. The molecule has 0 saturated heterocycles. The van der Waals surface area contributed by atoms with Gasteiger partial charge in [0.1, 0.15) is 8.24 Å². The summed E-state index contributed by atoms with van der Waals surface area (Å²) in [5.41, 5.74) is 0. The van der Waals surface area contributed by atoms with Crippen molar-refractivity contribution in [3.63, 3.8) is 0 Å². The summed E-state index contributed by atoms with van der Waals surface area (Å²) in [6.07, 6.45) is -4.68. The van der Waals surface area contributed by atoms with Gasteiger partial charge in [-0.2, -0.15) is 13.2 Å². The lowest BCUT2D eigenvalue weighted by Gasteiger charge is -2.18. The van der Waals surface area contributed by atoms with Crippen molar-refractivity contribution < 1.29 is 21.6 Å². The molecule has 80 valence electrons. The van der Waals surface area contributed by atoms with Crippen molar-refractivity contribution in [2.75, 3.05) is 5.75 Å². The van der Waals surface area contributed by atoms with Gasteiger partial charge in [-0.05, 0) is 0 Å². The van der Waals surface area contributed by atoms with Crippen LogP contribution in [0.1, 0.15) is 0 Å². The molecule has 13 heavy (non-hydrogen) atoms. The van der Waals surface area contributed by atoms with Gasteiger partial charge in [-0.25, -0.2) is 12.8 Å². The molecule has 0 heterocycles. The Morgan fingerprint density at radius 3 is 1.85 bits per heavy atom. The van der Waals surface area contributed by atoms with Gasteiger partial charge in [0.15, 0.2) is 5.75 Å². The number of sulfonamides is 1. The largest absolute Gasteiger partial charge is 0.404 e. The Morgan fingerprint density at radius 1 is 1.23 bits per heavy atom. The molecule has 0 fully saturated rings. The molecule has 0 unspecified atom stereocenters. The maximum atomic E-state index is 11.7. The number of nitrogens with one attached hydrogen (secondary N) is 1. The van der Waals surface area contributed by atoms with Crippen molar-refractivity contribution in [1.82, 2.24) is 4.39 Å². The van der Waals surface area contributed by atoms with Crippen LogP contribution in [0.5, 0.6) is 0 Å². The highest BCUT2D eigenvalue weighted by Gasteiger charge is 2.36. The van der Waals surface area contributed by atoms with Crippen LogP contribution in [0.15, 0.2) is 0 Å². The van der Waals surface area contributed by atoms with E-state index in [4.69, 9.17) is 0 Å². The molecule has 0 aromatic heterocycles. The van der Waals surface area contributed by atoms with Gasteiger partial charge >= 0.3 is 6.18 Å².